The first-order valence-corrected chi connectivity index (χ1v) is 6.95. The molecule has 0 radical (unpaired) electrons. The van der Waals surface area contributed by atoms with Crippen LogP contribution >= 0.6 is 0 Å². The van der Waals surface area contributed by atoms with Gasteiger partial charge in [-0.1, -0.05) is 24.6 Å². The number of rotatable bonds is 2. The smallest absolute Gasteiger partial charge is 0.0414 e. The predicted octanol–water partition coefficient (Wildman–Crippen LogP) is 2.91. The number of benzene rings is 1. The molecular weight excluding hydrogens is 208 g/mol. The fourth-order valence-corrected chi connectivity index (χ4v) is 3.72. The zero-order valence-electron chi connectivity index (χ0n) is 10.4. The standard InChI is InChI=1S/C15H22N2/c16-11-13-5-1-2-8-15(13)17-10-4-7-12-6-3-9-14(12)17/h1-2,5,8,12,14H,3-4,6-7,9-11,16H2. The number of hydrogen-bond donors (Lipinski definition) is 1. The van der Waals surface area contributed by atoms with E-state index in [0.29, 0.717) is 6.54 Å². The highest BCUT2D eigenvalue weighted by Gasteiger charge is 2.35. The SMILES string of the molecule is NCc1ccccc1N1CCCC2CCCC21. The number of hydrogen-bond acceptors (Lipinski definition) is 2. The Kier molecular flexibility index (Phi) is 3.06. The summed E-state index contributed by atoms with van der Waals surface area (Å²) in [5, 5.41) is 0. The van der Waals surface area contributed by atoms with Gasteiger partial charge in [0, 0.05) is 24.8 Å². The average Bonchev–Trinajstić information content (AvgIpc) is 2.86. The summed E-state index contributed by atoms with van der Waals surface area (Å²) in [4.78, 5) is 2.64. The first kappa shape index (κ1) is 11.1. The van der Waals surface area contributed by atoms with Crippen molar-refractivity contribution in [2.75, 3.05) is 11.4 Å². The zero-order chi connectivity index (χ0) is 11.7. The van der Waals surface area contributed by atoms with Gasteiger partial charge < -0.3 is 10.6 Å². The van der Waals surface area contributed by atoms with Crippen molar-refractivity contribution in [3.05, 3.63) is 29.8 Å². The lowest BCUT2D eigenvalue weighted by atomic mass is 9.91. The molecule has 0 amide bonds. The third kappa shape index (κ3) is 1.95. The van der Waals surface area contributed by atoms with Crippen LogP contribution in [0.1, 0.15) is 37.7 Å². The molecule has 1 heterocycles. The second kappa shape index (κ2) is 4.69. The van der Waals surface area contributed by atoms with Gasteiger partial charge in [-0.05, 0) is 43.2 Å². The fourth-order valence-electron chi connectivity index (χ4n) is 3.72. The molecule has 1 aliphatic carbocycles. The summed E-state index contributed by atoms with van der Waals surface area (Å²) in [5.74, 6) is 0.939. The van der Waals surface area contributed by atoms with Crippen LogP contribution in [0.25, 0.3) is 0 Å². The maximum Gasteiger partial charge on any atom is 0.0414 e. The Bertz CT molecular complexity index is 388. The van der Waals surface area contributed by atoms with E-state index < -0.39 is 0 Å². The monoisotopic (exact) mass is 230 g/mol. The van der Waals surface area contributed by atoms with Gasteiger partial charge in [0.25, 0.3) is 0 Å². The van der Waals surface area contributed by atoms with Crippen molar-refractivity contribution in [1.82, 2.24) is 0 Å². The normalized spacial score (nSPS) is 28.2. The van der Waals surface area contributed by atoms with Crippen molar-refractivity contribution in [1.29, 1.82) is 0 Å². The van der Waals surface area contributed by atoms with Gasteiger partial charge in [0.1, 0.15) is 0 Å². The van der Waals surface area contributed by atoms with Crippen LogP contribution < -0.4 is 10.6 Å². The molecule has 1 aromatic carbocycles. The third-order valence-electron chi connectivity index (χ3n) is 4.51. The molecule has 2 heteroatoms. The maximum atomic E-state index is 5.87. The third-order valence-corrected chi connectivity index (χ3v) is 4.51. The number of para-hydroxylation sites is 1. The van der Waals surface area contributed by atoms with Crippen molar-refractivity contribution in [2.24, 2.45) is 11.7 Å². The minimum atomic E-state index is 0.657. The minimum Gasteiger partial charge on any atom is -0.368 e. The van der Waals surface area contributed by atoms with Crippen molar-refractivity contribution in [3.8, 4) is 0 Å². The van der Waals surface area contributed by atoms with Crippen LogP contribution in [-0.2, 0) is 6.54 Å². The van der Waals surface area contributed by atoms with Gasteiger partial charge in [-0.25, -0.2) is 0 Å². The topological polar surface area (TPSA) is 29.3 Å². The molecule has 0 aromatic heterocycles. The molecule has 1 saturated heterocycles. The van der Waals surface area contributed by atoms with Crippen molar-refractivity contribution >= 4 is 5.69 Å². The van der Waals surface area contributed by atoms with Crippen molar-refractivity contribution < 1.29 is 0 Å². The first-order valence-electron chi connectivity index (χ1n) is 6.95. The van der Waals surface area contributed by atoms with Crippen molar-refractivity contribution in [2.45, 2.75) is 44.7 Å². The van der Waals surface area contributed by atoms with E-state index in [4.69, 9.17) is 5.73 Å². The number of piperidine rings is 1. The molecule has 17 heavy (non-hydrogen) atoms. The van der Waals surface area contributed by atoms with Crippen LogP contribution in [0.2, 0.25) is 0 Å². The predicted molar refractivity (Wildman–Crippen MR) is 72.0 cm³/mol. The molecule has 2 N–H and O–H groups in total. The van der Waals surface area contributed by atoms with Crippen molar-refractivity contribution in [3.63, 3.8) is 0 Å². The maximum absolute atomic E-state index is 5.87. The average molecular weight is 230 g/mol. The van der Waals surface area contributed by atoms with E-state index in [9.17, 15) is 0 Å². The number of anilines is 1. The Hall–Kier alpha value is -1.02. The van der Waals surface area contributed by atoms with Crippen LogP contribution in [0, 0.1) is 5.92 Å². The zero-order valence-corrected chi connectivity index (χ0v) is 10.4. The summed E-state index contributed by atoms with van der Waals surface area (Å²) in [6.45, 7) is 1.88. The second-order valence-electron chi connectivity index (χ2n) is 5.43. The Balaban J connectivity index is 1.91. The van der Waals surface area contributed by atoms with E-state index in [0.717, 1.165) is 12.0 Å². The van der Waals surface area contributed by atoms with Crippen LogP contribution in [0.4, 0.5) is 5.69 Å². The summed E-state index contributed by atoms with van der Waals surface area (Å²) < 4.78 is 0. The molecule has 2 unspecified atom stereocenters. The van der Waals surface area contributed by atoms with Gasteiger partial charge in [0.05, 0.1) is 0 Å². The van der Waals surface area contributed by atoms with Gasteiger partial charge in [0.15, 0.2) is 0 Å². The second-order valence-corrected chi connectivity index (χ2v) is 5.43. The first-order chi connectivity index (χ1) is 8.40. The summed E-state index contributed by atoms with van der Waals surface area (Å²) >= 11 is 0. The molecule has 1 aromatic rings. The molecule has 2 fully saturated rings. The highest BCUT2D eigenvalue weighted by Crippen LogP contribution is 2.39. The fraction of sp³-hybridized carbons (Fsp3) is 0.600. The van der Waals surface area contributed by atoms with Crippen LogP contribution in [0.3, 0.4) is 0 Å². The Labute approximate surface area is 104 Å². The van der Waals surface area contributed by atoms with Gasteiger partial charge in [-0.2, -0.15) is 0 Å². The molecule has 2 aliphatic rings. The lowest BCUT2D eigenvalue weighted by Gasteiger charge is -2.40. The van der Waals surface area contributed by atoms with E-state index in [1.807, 2.05) is 0 Å². The lowest BCUT2D eigenvalue weighted by Crippen LogP contribution is -2.43. The van der Waals surface area contributed by atoms with Gasteiger partial charge in [-0.3, -0.25) is 0 Å². The molecular formula is C15H22N2. The minimum absolute atomic E-state index is 0.657. The molecule has 92 valence electrons. The summed E-state index contributed by atoms with van der Waals surface area (Å²) in [7, 11) is 0. The molecule has 0 spiro atoms. The van der Waals surface area contributed by atoms with Crippen LogP contribution in [0.15, 0.2) is 24.3 Å². The quantitative estimate of drug-likeness (QED) is 0.846. The van der Waals surface area contributed by atoms with Crippen LogP contribution in [0.5, 0.6) is 0 Å². The van der Waals surface area contributed by atoms with E-state index in [1.165, 1.54) is 49.9 Å². The van der Waals surface area contributed by atoms with Crippen LogP contribution in [-0.4, -0.2) is 12.6 Å². The number of nitrogens with two attached hydrogens (primary N) is 1. The molecule has 0 bridgehead atoms. The van der Waals surface area contributed by atoms with E-state index >= 15 is 0 Å². The van der Waals surface area contributed by atoms with Gasteiger partial charge in [-0.15, -0.1) is 0 Å². The van der Waals surface area contributed by atoms with Gasteiger partial charge >= 0.3 is 0 Å². The lowest BCUT2D eigenvalue weighted by molar-refractivity contribution is 0.362. The van der Waals surface area contributed by atoms with E-state index in [1.54, 1.807) is 0 Å². The van der Waals surface area contributed by atoms with E-state index in [-0.39, 0.29) is 0 Å². The van der Waals surface area contributed by atoms with Gasteiger partial charge in [0.2, 0.25) is 0 Å². The molecule has 1 saturated carbocycles. The summed E-state index contributed by atoms with van der Waals surface area (Å²) in [6, 6.07) is 9.46. The Morgan fingerprint density at radius 2 is 1.94 bits per heavy atom. The van der Waals surface area contributed by atoms with E-state index in [2.05, 4.69) is 29.2 Å². The summed E-state index contributed by atoms with van der Waals surface area (Å²) in [5.41, 5.74) is 8.57. The highest BCUT2D eigenvalue weighted by molar-refractivity contribution is 5.55. The number of fused-ring (bicyclic) bond motifs is 1. The molecule has 3 rings (SSSR count). The summed E-state index contributed by atoms with van der Waals surface area (Å²) in [6.07, 6.45) is 7.01. The highest BCUT2D eigenvalue weighted by atomic mass is 15.2. The number of nitrogens with zero attached hydrogens (tertiary/aromatic N) is 1. The molecule has 2 nitrogen and oxygen atoms in total. The molecule has 2 atom stereocenters. The largest absolute Gasteiger partial charge is 0.368 e. The Morgan fingerprint density at radius 3 is 2.82 bits per heavy atom. The molecule has 1 aliphatic heterocycles. The Morgan fingerprint density at radius 1 is 1.12 bits per heavy atom.